The highest BCUT2D eigenvalue weighted by Gasteiger charge is 2.25. The highest BCUT2D eigenvalue weighted by molar-refractivity contribution is 7.16. The number of aryl methyl sites for hydroxylation is 1. The van der Waals surface area contributed by atoms with Gasteiger partial charge < -0.3 is 24.8 Å². The van der Waals surface area contributed by atoms with Crippen molar-refractivity contribution in [3.05, 3.63) is 39.8 Å². The van der Waals surface area contributed by atoms with Crippen LogP contribution in [0.25, 0.3) is 0 Å². The number of anilines is 1. The van der Waals surface area contributed by atoms with Crippen molar-refractivity contribution >= 4 is 28.0 Å². The second kappa shape index (κ2) is 10.2. The molecule has 0 saturated carbocycles. The molecule has 1 aromatic carbocycles. The van der Waals surface area contributed by atoms with Crippen molar-refractivity contribution in [2.45, 2.75) is 32.1 Å². The van der Waals surface area contributed by atoms with E-state index in [1.54, 1.807) is 36.6 Å². The minimum absolute atomic E-state index is 0.0604. The van der Waals surface area contributed by atoms with Crippen LogP contribution < -0.4 is 20.1 Å². The predicted octanol–water partition coefficient (Wildman–Crippen LogP) is 3.46. The normalized spacial score (nSPS) is 14.6. The highest BCUT2D eigenvalue weighted by Crippen LogP contribution is 2.38. The number of hydrogen-bond donors (Lipinski definition) is 2. The molecule has 2 heterocycles. The lowest BCUT2D eigenvalue weighted by Crippen LogP contribution is -2.27. The number of hydrogen-bond acceptors (Lipinski definition) is 7. The van der Waals surface area contributed by atoms with E-state index in [0.29, 0.717) is 49.0 Å². The van der Waals surface area contributed by atoms with Gasteiger partial charge in [-0.25, -0.2) is 0 Å². The number of Topliss-reactive ketones (excluding diaryl/α,β-unsaturated/α-hetero) is 1. The Bertz CT molecular complexity index is 956. The molecule has 0 bridgehead atoms. The van der Waals surface area contributed by atoms with Crippen molar-refractivity contribution in [3.8, 4) is 11.5 Å². The molecule has 31 heavy (non-hydrogen) atoms. The fourth-order valence-corrected chi connectivity index (χ4v) is 5.20. The van der Waals surface area contributed by atoms with Gasteiger partial charge in [0.05, 0.1) is 12.1 Å². The number of carbonyl (C=O) groups is 2. The number of thiophene rings is 1. The van der Waals surface area contributed by atoms with E-state index < -0.39 is 0 Å². The van der Waals surface area contributed by atoms with E-state index in [1.165, 1.54) is 4.88 Å². The van der Waals surface area contributed by atoms with Crippen LogP contribution in [0.4, 0.5) is 5.00 Å². The zero-order valence-corrected chi connectivity index (χ0v) is 18.6. The van der Waals surface area contributed by atoms with E-state index in [2.05, 4.69) is 10.6 Å². The van der Waals surface area contributed by atoms with Gasteiger partial charge in [0.1, 0.15) is 18.2 Å². The van der Waals surface area contributed by atoms with Crippen molar-refractivity contribution in [1.29, 1.82) is 0 Å². The first-order valence-electron chi connectivity index (χ1n) is 10.8. The molecule has 0 saturated heterocycles. The fourth-order valence-electron chi connectivity index (χ4n) is 3.92. The van der Waals surface area contributed by atoms with Gasteiger partial charge >= 0.3 is 0 Å². The molecule has 2 N–H and O–H groups in total. The van der Waals surface area contributed by atoms with E-state index in [4.69, 9.17) is 14.2 Å². The Morgan fingerprint density at radius 3 is 2.77 bits per heavy atom. The molecule has 0 fully saturated rings. The van der Waals surface area contributed by atoms with Crippen LogP contribution >= 0.6 is 11.3 Å². The predicted molar refractivity (Wildman–Crippen MR) is 120 cm³/mol. The molecule has 1 aromatic heterocycles. The Morgan fingerprint density at radius 1 is 1.13 bits per heavy atom. The third-order valence-corrected chi connectivity index (χ3v) is 6.73. The van der Waals surface area contributed by atoms with E-state index in [-0.39, 0.29) is 18.2 Å². The Labute approximate surface area is 186 Å². The summed E-state index contributed by atoms with van der Waals surface area (Å²) in [6.45, 7) is 2.28. The number of nitrogens with one attached hydrogen (secondary N) is 2. The minimum Gasteiger partial charge on any atom is -0.486 e. The first-order valence-corrected chi connectivity index (χ1v) is 11.6. The van der Waals surface area contributed by atoms with Gasteiger partial charge in [0, 0.05) is 30.7 Å². The molecule has 4 rings (SSSR count). The summed E-state index contributed by atoms with van der Waals surface area (Å²) in [7, 11) is 1.65. The zero-order chi connectivity index (χ0) is 21.6. The fraction of sp³-hybridized carbons (Fsp3) is 0.478. The van der Waals surface area contributed by atoms with Gasteiger partial charge in [0.25, 0.3) is 5.91 Å². The van der Waals surface area contributed by atoms with Crippen molar-refractivity contribution < 1.29 is 23.8 Å². The molecule has 8 heteroatoms. The van der Waals surface area contributed by atoms with Gasteiger partial charge in [-0.05, 0) is 55.9 Å². The van der Waals surface area contributed by atoms with Gasteiger partial charge in [-0.1, -0.05) is 0 Å². The van der Waals surface area contributed by atoms with Gasteiger partial charge in [0.2, 0.25) is 0 Å². The van der Waals surface area contributed by atoms with Gasteiger partial charge in [-0.3, -0.25) is 9.59 Å². The number of ether oxygens (including phenoxy) is 3. The van der Waals surface area contributed by atoms with Crippen LogP contribution in [0.2, 0.25) is 0 Å². The molecule has 1 aliphatic carbocycles. The van der Waals surface area contributed by atoms with Crippen molar-refractivity contribution in [1.82, 2.24) is 5.32 Å². The Kier molecular flexibility index (Phi) is 7.09. The van der Waals surface area contributed by atoms with Crippen LogP contribution in [0.5, 0.6) is 11.5 Å². The second-order valence-electron chi connectivity index (χ2n) is 7.65. The largest absolute Gasteiger partial charge is 0.486 e. The van der Waals surface area contributed by atoms with Crippen molar-refractivity contribution in [2.24, 2.45) is 0 Å². The average Bonchev–Trinajstić information content (AvgIpc) is 3.18. The van der Waals surface area contributed by atoms with Gasteiger partial charge in [-0.2, -0.15) is 0 Å². The van der Waals surface area contributed by atoms with Crippen LogP contribution in [-0.2, 0) is 17.6 Å². The number of ketones is 1. The summed E-state index contributed by atoms with van der Waals surface area (Å²) in [6.07, 6.45) is 4.88. The van der Waals surface area contributed by atoms with E-state index >= 15 is 0 Å². The molecule has 2 aromatic rings. The smallest absolute Gasteiger partial charge is 0.254 e. The molecular formula is C23H28N2O5S. The quantitative estimate of drug-likeness (QED) is 0.455. The zero-order valence-electron chi connectivity index (χ0n) is 17.8. The lowest BCUT2D eigenvalue weighted by Gasteiger charge is -2.18. The monoisotopic (exact) mass is 444 g/mol. The minimum atomic E-state index is -0.0789. The maximum absolute atomic E-state index is 12.9. The molecule has 0 spiro atoms. The molecular weight excluding hydrogens is 416 g/mol. The first-order chi connectivity index (χ1) is 15.2. The number of carbonyl (C=O) groups excluding carboxylic acids is 2. The second-order valence-corrected chi connectivity index (χ2v) is 8.76. The Morgan fingerprint density at radius 2 is 1.94 bits per heavy atom. The van der Waals surface area contributed by atoms with E-state index in [9.17, 15) is 9.59 Å². The number of methoxy groups -OCH3 is 1. The first kappa shape index (κ1) is 21.6. The Hall–Kier alpha value is -2.58. The maximum Gasteiger partial charge on any atom is 0.254 e. The van der Waals surface area contributed by atoms with E-state index in [0.717, 1.165) is 42.7 Å². The summed E-state index contributed by atoms with van der Waals surface area (Å²) < 4.78 is 16.2. The molecule has 1 aliphatic heterocycles. The number of rotatable bonds is 9. The summed E-state index contributed by atoms with van der Waals surface area (Å²) in [5.41, 5.74) is 2.39. The van der Waals surface area contributed by atoms with E-state index in [1.807, 2.05) is 0 Å². The topological polar surface area (TPSA) is 85.9 Å². The van der Waals surface area contributed by atoms with Crippen molar-refractivity contribution in [2.75, 3.05) is 45.3 Å². The molecule has 7 nitrogen and oxygen atoms in total. The van der Waals surface area contributed by atoms with Crippen LogP contribution in [0.15, 0.2) is 18.2 Å². The third kappa shape index (κ3) is 5.02. The van der Waals surface area contributed by atoms with Crippen molar-refractivity contribution in [3.63, 3.8) is 0 Å². The lowest BCUT2D eigenvalue weighted by molar-refractivity contribution is 0.0946. The maximum atomic E-state index is 12.9. The summed E-state index contributed by atoms with van der Waals surface area (Å²) in [4.78, 5) is 27.0. The standard InChI is InChI=1S/C23H28N2O5S/c1-28-10-4-9-24-22(27)21-16-5-2-3-6-20(16)31-23(21)25-14-17(26)15-7-8-18-19(13-15)30-12-11-29-18/h7-8,13,25H,2-6,9-12,14H2,1H3,(H,24,27). The van der Waals surface area contributed by atoms with Gasteiger partial charge in [-0.15, -0.1) is 11.3 Å². The van der Waals surface area contributed by atoms with Crippen LogP contribution in [0.1, 0.15) is 50.4 Å². The molecule has 166 valence electrons. The molecule has 0 radical (unpaired) electrons. The van der Waals surface area contributed by atoms with Crippen LogP contribution in [0.3, 0.4) is 0 Å². The Balaban J connectivity index is 1.47. The summed E-state index contributed by atoms with van der Waals surface area (Å²) in [5.74, 6) is 1.12. The van der Waals surface area contributed by atoms with Crippen LogP contribution in [0, 0.1) is 0 Å². The number of benzene rings is 1. The number of amides is 1. The molecule has 1 amide bonds. The van der Waals surface area contributed by atoms with Gasteiger partial charge in [0.15, 0.2) is 17.3 Å². The highest BCUT2D eigenvalue weighted by atomic mass is 32.1. The SMILES string of the molecule is COCCCNC(=O)c1c(NCC(=O)c2ccc3c(c2)OCCO3)sc2c1CCCC2. The van der Waals surface area contributed by atoms with Crippen LogP contribution in [-0.4, -0.2) is 51.7 Å². The summed E-state index contributed by atoms with van der Waals surface area (Å²) >= 11 is 1.60. The molecule has 0 unspecified atom stereocenters. The summed E-state index contributed by atoms with van der Waals surface area (Å²) in [6, 6.07) is 5.24. The lowest BCUT2D eigenvalue weighted by atomic mass is 9.95. The average molecular weight is 445 g/mol. The molecule has 2 aliphatic rings. The third-order valence-electron chi connectivity index (χ3n) is 5.48. The summed E-state index contributed by atoms with van der Waals surface area (Å²) in [5, 5.41) is 7.02. The number of fused-ring (bicyclic) bond motifs is 2. The molecule has 0 atom stereocenters.